The average Bonchev–Trinajstić information content (AvgIpc) is 2.34. The number of Topliss-reactive ketones (excluding diaryl/α,β-unsaturated/α-hetero) is 1. The van der Waals surface area contributed by atoms with Crippen LogP contribution in [0.15, 0.2) is 29.6 Å². The summed E-state index contributed by atoms with van der Waals surface area (Å²) < 4.78 is 24.1. The second-order valence-corrected chi connectivity index (χ2v) is 7.72. The quantitative estimate of drug-likeness (QED) is 0.496. The lowest BCUT2D eigenvalue weighted by Crippen LogP contribution is -2.12. The largest absolute Gasteiger partial charge is 0.365 e. The van der Waals surface area contributed by atoms with Crippen molar-refractivity contribution >= 4 is 31.1 Å². The first-order valence-corrected chi connectivity index (χ1v) is 9.02. The Bertz CT molecular complexity index is 594. The number of halogens is 1. The fourth-order valence-corrected chi connectivity index (χ4v) is 4.07. The number of carbonyl (C=O) groups is 1. The van der Waals surface area contributed by atoms with Crippen LogP contribution in [0.1, 0.15) is 40.2 Å². The van der Waals surface area contributed by atoms with Crippen LogP contribution in [0.25, 0.3) is 6.08 Å². The van der Waals surface area contributed by atoms with Crippen LogP contribution in [-0.2, 0) is 18.4 Å². The van der Waals surface area contributed by atoms with Gasteiger partial charge in [-0.3, -0.25) is 9.36 Å². The SMILES string of the molecule is CC(=O)/C(=C/c1ccccc1Cl)P(=O)(OC(C)C)OC(C)C. The van der Waals surface area contributed by atoms with Gasteiger partial charge >= 0.3 is 7.60 Å². The van der Waals surface area contributed by atoms with Crippen LogP contribution in [0.5, 0.6) is 0 Å². The summed E-state index contributed by atoms with van der Waals surface area (Å²) in [5.74, 6) is -0.371. The topological polar surface area (TPSA) is 52.6 Å². The van der Waals surface area contributed by atoms with E-state index < -0.39 is 7.60 Å². The molecule has 122 valence electrons. The van der Waals surface area contributed by atoms with Crippen molar-refractivity contribution in [3.05, 3.63) is 40.2 Å². The van der Waals surface area contributed by atoms with Gasteiger partial charge in [0.05, 0.1) is 12.2 Å². The fourth-order valence-electron chi connectivity index (χ4n) is 1.81. The first-order chi connectivity index (χ1) is 10.2. The van der Waals surface area contributed by atoms with Crippen LogP contribution < -0.4 is 0 Å². The highest BCUT2D eigenvalue weighted by Crippen LogP contribution is 2.58. The van der Waals surface area contributed by atoms with Crippen LogP contribution in [0.3, 0.4) is 0 Å². The summed E-state index contributed by atoms with van der Waals surface area (Å²) in [5, 5.41) is 0.463. The van der Waals surface area contributed by atoms with Crippen LogP contribution in [0.2, 0.25) is 5.02 Å². The molecule has 0 saturated carbocycles. The lowest BCUT2D eigenvalue weighted by Gasteiger charge is -2.24. The molecule has 4 nitrogen and oxygen atoms in total. The van der Waals surface area contributed by atoms with Crippen molar-refractivity contribution in [2.75, 3.05) is 0 Å². The second kappa shape index (κ2) is 8.07. The highest BCUT2D eigenvalue weighted by Gasteiger charge is 2.35. The molecule has 1 rings (SSSR count). The Kier molecular flexibility index (Phi) is 7.01. The molecule has 1 aromatic carbocycles. The van der Waals surface area contributed by atoms with Gasteiger partial charge in [0.15, 0.2) is 5.78 Å². The Morgan fingerprint density at radius 3 is 2.05 bits per heavy atom. The highest BCUT2D eigenvalue weighted by atomic mass is 35.5. The van der Waals surface area contributed by atoms with E-state index in [2.05, 4.69) is 0 Å². The number of rotatable bonds is 7. The molecule has 0 radical (unpaired) electrons. The number of hydrogen-bond acceptors (Lipinski definition) is 4. The van der Waals surface area contributed by atoms with Crippen molar-refractivity contribution in [1.29, 1.82) is 0 Å². The van der Waals surface area contributed by atoms with Gasteiger partial charge in [-0.05, 0) is 52.3 Å². The maximum absolute atomic E-state index is 13.1. The Morgan fingerprint density at radius 1 is 1.14 bits per heavy atom. The summed E-state index contributed by atoms with van der Waals surface area (Å²) >= 11 is 6.11. The molecular weight excluding hydrogens is 323 g/mol. The predicted molar refractivity (Wildman–Crippen MR) is 90.2 cm³/mol. The fraction of sp³-hybridized carbons (Fsp3) is 0.438. The van der Waals surface area contributed by atoms with Crippen molar-refractivity contribution in [2.24, 2.45) is 0 Å². The van der Waals surface area contributed by atoms with Gasteiger partial charge in [0.2, 0.25) is 0 Å². The third-order valence-corrected chi connectivity index (χ3v) is 5.33. The molecule has 0 amide bonds. The minimum absolute atomic E-state index is 0.00278. The minimum atomic E-state index is -3.73. The monoisotopic (exact) mass is 344 g/mol. The summed E-state index contributed by atoms with van der Waals surface area (Å²) in [6, 6.07) is 7.00. The van der Waals surface area contributed by atoms with Gasteiger partial charge < -0.3 is 9.05 Å². The molecule has 22 heavy (non-hydrogen) atoms. The third-order valence-electron chi connectivity index (χ3n) is 2.55. The lowest BCUT2D eigenvalue weighted by atomic mass is 10.2. The molecule has 0 unspecified atom stereocenters. The zero-order valence-electron chi connectivity index (χ0n) is 13.5. The molecule has 0 aliphatic heterocycles. The molecule has 0 atom stereocenters. The molecular formula is C16H22ClO4P. The zero-order chi connectivity index (χ0) is 16.9. The van der Waals surface area contributed by atoms with Crippen molar-refractivity contribution in [3.8, 4) is 0 Å². The van der Waals surface area contributed by atoms with Gasteiger partial charge in [-0.1, -0.05) is 29.8 Å². The first-order valence-electron chi connectivity index (χ1n) is 7.10. The minimum Gasteiger partial charge on any atom is -0.302 e. The van der Waals surface area contributed by atoms with Crippen molar-refractivity contribution in [2.45, 2.75) is 46.8 Å². The van der Waals surface area contributed by atoms with Crippen molar-refractivity contribution < 1.29 is 18.4 Å². The molecule has 0 heterocycles. The first kappa shape index (κ1) is 19.1. The summed E-state index contributed by atoms with van der Waals surface area (Å²) in [7, 11) is -3.73. The summed E-state index contributed by atoms with van der Waals surface area (Å²) in [5.41, 5.74) is 0.592. The van der Waals surface area contributed by atoms with E-state index in [1.54, 1.807) is 52.0 Å². The second-order valence-electron chi connectivity index (χ2n) is 5.41. The number of carbonyl (C=O) groups excluding carboxylic acids is 1. The Hall–Kier alpha value is -0.930. The molecule has 0 spiro atoms. The van der Waals surface area contributed by atoms with E-state index in [1.807, 2.05) is 0 Å². The van der Waals surface area contributed by atoms with E-state index in [0.29, 0.717) is 10.6 Å². The van der Waals surface area contributed by atoms with Gasteiger partial charge in [0.1, 0.15) is 5.31 Å². The Morgan fingerprint density at radius 2 is 1.64 bits per heavy atom. The number of hydrogen-bond donors (Lipinski definition) is 0. The molecule has 0 aliphatic carbocycles. The molecule has 6 heteroatoms. The third kappa shape index (κ3) is 5.36. The van der Waals surface area contributed by atoms with Crippen LogP contribution in [0, 0.1) is 0 Å². The van der Waals surface area contributed by atoms with E-state index in [9.17, 15) is 9.36 Å². The molecule has 0 aromatic heterocycles. The van der Waals surface area contributed by atoms with Crippen molar-refractivity contribution in [3.63, 3.8) is 0 Å². The summed E-state index contributed by atoms with van der Waals surface area (Å²) in [6.45, 7) is 8.29. The van der Waals surface area contributed by atoms with E-state index in [1.165, 1.54) is 13.0 Å². The maximum atomic E-state index is 13.1. The van der Waals surface area contributed by atoms with Gasteiger partial charge in [-0.15, -0.1) is 0 Å². The molecule has 0 aliphatic rings. The van der Waals surface area contributed by atoms with Gasteiger partial charge in [0.25, 0.3) is 0 Å². The normalized spacial score (nSPS) is 13.0. The summed E-state index contributed by atoms with van der Waals surface area (Å²) in [6.07, 6.45) is 0.785. The molecule has 0 N–H and O–H groups in total. The van der Waals surface area contributed by atoms with E-state index in [4.69, 9.17) is 20.6 Å². The van der Waals surface area contributed by atoms with Crippen LogP contribution >= 0.6 is 19.2 Å². The molecule has 0 saturated heterocycles. The average molecular weight is 345 g/mol. The number of ketones is 1. The Labute approximate surface area is 137 Å². The smallest absolute Gasteiger partial charge is 0.302 e. The molecule has 0 fully saturated rings. The Balaban J connectivity index is 3.40. The van der Waals surface area contributed by atoms with Gasteiger partial charge in [0, 0.05) is 5.02 Å². The van der Waals surface area contributed by atoms with Crippen LogP contribution in [0.4, 0.5) is 0 Å². The number of allylic oxidation sites excluding steroid dienone is 1. The highest BCUT2D eigenvalue weighted by molar-refractivity contribution is 7.60. The van der Waals surface area contributed by atoms with Crippen LogP contribution in [-0.4, -0.2) is 18.0 Å². The van der Waals surface area contributed by atoms with Gasteiger partial charge in [-0.2, -0.15) is 0 Å². The van der Waals surface area contributed by atoms with Gasteiger partial charge in [-0.25, -0.2) is 0 Å². The van der Waals surface area contributed by atoms with E-state index in [0.717, 1.165) is 0 Å². The number of benzene rings is 1. The van der Waals surface area contributed by atoms with E-state index >= 15 is 0 Å². The lowest BCUT2D eigenvalue weighted by molar-refractivity contribution is -0.113. The summed E-state index contributed by atoms with van der Waals surface area (Å²) in [4.78, 5) is 12.0. The predicted octanol–water partition coefficient (Wildman–Crippen LogP) is 5.31. The maximum Gasteiger partial charge on any atom is 0.365 e. The molecule has 1 aromatic rings. The standard InChI is InChI=1S/C16H22ClO4P/c1-11(2)20-22(19,21-12(3)4)16(13(5)18)10-14-8-6-7-9-15(14)17/h6-12H,1-5H3/b16-10-. The zero-order valence-corrected chi connectivity index (χ0v) is 15.1. The van der Waals surface area contributed by atoms with Crippen molar-refractivity contribution in [1.82, 2.24) is 0 Å². The molecule has 0 bridgehead atoms. The van der Waals surface area contributed by atoms with E-state index in [-0.39, 0.29) is 23.3 Å².